The minimum Gasteiger partial charge on any atom is -0.0956 e. The summed E-state index contributed by atoms with van der Waals surface area (Å²) in [6, 6.07) is 0. The Morgan fingerprint density at radius 1 is 1.17 bits per heavy atom. The van der Waals surface area contributed by atoms with Crippen molar-refractivity contribution in [3.05, 3.63) is 24.3 Å². The molecule has 0 saturated heterocycles. The molecule has 0 heterocycles. The molecule has 2 atom stereocenters. The molecule has 0 nitrogen and oxygen atoms in total. The van der Waals surface area contributed by atoms with Gasteiger partial charge in [0.2, 0.25) is 0 Å². The Morgan fingerprint density at radius 3 is 2.83 bits per heavy atom. The Morgan fingerprint density at radius 2 is 2.08 bits per heavy atom. The van der Waals surface area contributed by atoms with E-state index in [1.54, 1.807) is 0 Å². The van der Waals surface area contributed by atoms with Crippen molar-refractivity contribution in [3.63, 3.8) is 0 Å². The van der Waals surface area contributed by atoms with Gasteiger partial charge in [0.15, 0.2) is 0 Å². The molecule has 0 radical (unpaired) electrons. The maximum Gasteiger partial charge on any atom is -0.0139 e. The molecule has 1 fully saturated rings. The van der Waals surface area contributed by atoms with Crippen LogP contribution in [-0.2, 0) is 0 Å². The lowest BCUT2D eigenvalue weighted by Crippen LogP contribution is -2.26. The summed E-state index contributed by atoms with van der Waals surface area (Å²) in [6.07, 6.45) is 13.0. The minimum absolute atomic E-state index is 0.847. The molecular weight excluding hydrogens is 144 g/mol. The van der Waals surface area contributed by atoms with Gasteiger partial charge in [-0.3, -0.25) is 0 Å². The molecule has 1 saturated carbocycles. The average molecular weight is 162 g/mol. The summed E-state index contributed by atoms with van der Waals surface area (Å²) in [5, 5.41) is 0. The lowest BCUT2D eigenvalue weighted by molar-refractivity contribution is 0.200. The van der Waals surface area contributed by atoms with Crippen molar-refractivity contribution in [2.24, 2.45) is 11.8 Å². The Kier molecular flexibility index (Phi) is 2.34. The van der Waals surface area contributed by atoms with Gasteiger partial charge in [-0.1, -0.05) is 30.7 Å². The van der Waals surface area contributed by atoms with Gasteiger partial charge in [-0.25, -0.2) is 0 Å². The van der Waals surface area contributed by atoms with E-state index in [1.807, 2.05) is 0 Å². The fraction of sp³-hybridized carbons (Fsp3) is 0.667. The van der Waals surface area contributed by atoms with Crippen LogP contribution in [0, 0.1) is 11.8 Å². The quantitative estimate of drug-likeness (QED) is 0.509. The second-order valence-corrected chi connectivity index (χ2v) is 4.21. The third-order valence-electron chi connectivity index (χ3n) is 3.42. The van der Waals surface area contributed by atoms with Gasteiger partial charge in [0, 0.05) is 0 Å². The minimum atomic E-state index is 0.847. The number of hydrogen-bond donors (Lipinski definition) is 0. The fourth-order valence-electron chi connectivity index (χ4n) is 2.43. The maximum absolute atomic E-state index is 4.15. The predicted molar refractivity (Wildman–Crippen MR) is 53.0 cm³/mol. The summed E-state index contributed by atoms with van der Waals surface area (Å²) in [5.74, 6) is 1.83. The summed E-state index contributed by atoms with van der Waals surface area (Å²) < 4.78 is 0. The molecule has 12 heavy (non-hydrogen) atoms. The Balaban J connectivity index is 2.03. The highest BCUT2D eigenvalue weighted by molar-refractivity contribution is 5.21. The molecular formula is C12H18. The van der Waals surface area contributed by atoms with Crippen LogP contribution in [-0.4, -0.2) is 0 Å². The van der Waals surface area contributed by atoms with Crippen LogP contribution in [0.25, 0.3) is 0 Å². The van der Waals surface area contributed by atoms with Gasteiger partial charge in [0.25, 0.3) is 0 Å². The molecule has 2 unspecified atom stereocenters. The predicted octanol–water partition coefficient (Wildman–Crippen LogP) is 3.70. The van der Waals surface area contributed by atoms with E-state index in [9.17, 15) is 0 Å². The first-order chi connectivity index (χ1) is 5.88. The molecule has 2 aliphatic carbocycles. The molecule has 0 N–H and O–H groups in total. The van der Waals surface area contributed by atoms with Crippen molar-refractivity contribution in [1.82, 2.24) is 0 Å². The first-order valence-electron chi connectivity index (χ1n) is 5.23. The summed E-state index contributed by atoms with van der Waals surface area (Å²) >= 11 is 0. The lowest BCUT2D eigenvalue weighted by Gasteiger charge is -2.37. The molecule has 0 aromatic heterocycles. The molecule has 2 rings (SSSR count). The van der Waals surface area contributed by atoms with Gasteiger partial charge in [0.1, 0.15) is 0 Å². The van der Waals surface area contributed by atoms with E-state index < -0.39 is 0 Å². The Bertz CT molecular complexity index is 200. The normalized spacial score (nSPS) is 38.5. The fourth-order valence-corrected chi connectivity index (χ4v) is 2.43. The van der Waals surface area contributed by atoms with Crippen LogP contribution >= 0.6 is 0 Å². The van der Waals surface area contributed by atoms with Crippen molar-refractivity contribution in [2.75, 3.05) is 0 Å². The standard InChI is InChI=1S/C12H18/c1-10-6-4-2-3-5-7-11-8-9-12(10)11/h4,6,11-12H,1-3,5,7-9H2/b6-4-. The third-order valence-corrected chi connectivity index (χ3v) is 3.42. The topological polar surface area (TPSA) is 0 Å². The lowest BCUT2D eigenvalue weighted by atomic mass is 9.68. The zero-order valence-electron chi connectivity index (χ0n) is 7.76. The zero-order valence-corrected chi connectivity index (χ0v) is 7.76. The van der Waals surface area contributed by atoms with Crippen LogP contribution in [0.15, 0.2) is 24.3 Å². The van der Waals surface area contributed by atoms with Crippen molar-refractivity contribution < 1.29 is 0 Å². The number of allylic oxidation sites excluding steroid dienone is 3. The van der Waals surface area contributed by atoms with E-state index in [0.29, 0.717) is 0 Å². The summed E-state index contributed by atoms with van der Waals surface area (Å²) in [7, 11) is 0. The van der Waals surface area contributed by atoms with E-state index in [4.69, 9.17) is 0 Å². The first kappa shape index (κ1) is 8.10. The van der Waals surface area contributed by atoms with E-state index in [2.05, 4.69) is 18.7 Å². The van der Waals surface area contributed by atoms with Crippen LogP contribution in [0.5, 0.6) is 0 Å². The maximum atomic E-state index is 4.15. The number of fused-ring (bicyclic) bond motifs is 1. The van der Waals surface area contributed by atoms with Gasteiger partial charge >= 0.3 is 0 Å². The molecule has 0 aromatic rings. The second-order valence-electron chi connectivity index (χ2n) is 4.21. The SMILES string of the molecule is C=C1/C=C\CCCCC2CCC12. The highest BCUT2D eigenvalue weighted by Crippen LogP contribution is 2.42. The largest absolute Gasteiger partial charge is 0.0956 e. The number of rotatable bonds is 0. The van der Waals surface area contributed by atoms with E-state index in [-0.39, 0.29) is 0 Å². The van der Waals surface area contributed by atoms with Crippen molar-refractivity contribution in [1.29, 1.82) is 0 Å². The zero-order chi connectivity index (χ0) is 8.39. The van der Waals surface area contributed by atoms with Crippen molar-refractivity contribution in [2.45, 2.75) is 38.5 Å². The van der Waals surface area contributed by atoms with Crippen LogP contribution < -0.4 is 0 Å². The molecule has 0 bridgehead atoms. The third kappa shape index (κ3) is 1.48. The Labute approximate surface area is 75.4 Å². The van der Waals surface area contributed by atoms with Gasteiger partial charge in [-0.2, -0.15) is 0 Å². The summed E-state index contributed by atoms with van der Waals surface area (Å²) in [4.78, 5) is 0. The second kappa shape index (κ2) is 3.47. The molecule has 2 aliphatic rings. The first-order valence-corrected chi connectivity index (χ1v) is 5.23. The van der Waals surface area contributed by atoms with Crippen LogP contribution in [0.1, 0.15) is 38.5 Å². The summed E-state index contributed by atoms with van der Waals surface area (Å²) in [5.41, 5.74) is 1.40. The van der Waals surface area contributed by atoms with E-state index in [0.717, 1.165) is 11.8 Å². The van der Waals surface area contributed by atoms with Crippen molar-refractivity contribution in [3.8, 4) is 0 Å². The Hall–Kier alpha value is -0.520. The van der Waals surface area contributed by atoms with Gasteiger partial charge < -0.3 is 0 Å². The molecule has 0 amide bonds. The van der Waals surface area contributed by atoms with Crippen molar-refractivity contribution >= 4 is 0 Å². The van der Waals surface area contributed by atoms with E-state index >= 15 is 0 Å². The molecule has 0 spiro atoms. The van der Waals surface area contributed by atoms with E-state index in [1.165, 1.54) is 44.1 Å². The summed E-state index contributed by atoms with van der Waals surface area (Å²) in [6.45, 7) is 4.15. The van der Waals surface area contributed by atoms with Crippen LogP contribution in [0.2, 0.25) is 0 Å². The molecule has 0 aliphatic heterocycles. The molecule has 0 aromatic carbocycles. The van der Waals surface area contributed by atoms with Gasteiger partial charge in [-0.15, -0.1) is 0 Å². The van der Waals surface area contributed by atoms with Crippen LogP contribution in [0.3, 0.4) is 0 Å². The van der Waals surface area contributed by atoms with Gasteiger partial charge in [-0.05, 0) is 43.9 Å². The number of hydrogen-bond acceptors (Lipinski definition) is 0. The molecule has 66 valence electrons. The highest BCUT2D eigenvalue weighted by atomic mass is 14.4. The van der Waals surface area contributed by atoms with Gasteiger partial charge in [0.05, 0.1) is 0 Å². The monoisotopic (exact) mass is 162 g/mol. The highest BCUT2D eigenvalue weighted by Gasteiger charge is 2.31. The van der Waals surface area contributed by atoms with Crippen LogP contribution in [0.4, 0.5) is 0 Å². The average Bonchev–Trinajstić information content (AvgIpc) is 2.03. The smallest absolute Gasteiger partial charge is 0.0139 e. The molecule has 0 heteroatoms.